The first kappa shape index (κ1) is 12.7. The number of nitrogens with zero attached hydrogens (tertiary/aromatic N) is 1. The van der Waals surface area contributed by atoms with Crippen molar-refractivity contribution >= 4 is 6.21 Å². The highest BCUT2D eigenvalue weighted by molar-refractivity contribution is 5.79. The molecule has 1 atom stereocenters. The van der Waals surface area contributed by atoms with Crippen LogP contribution in [-0.4, -0.2) is 31.1 Å². The molecule has 0 heterocycles. The van der Waals surface area contributed by atoms with Crippen LogP contribution in [0.5, 0.6) is 5.75 Å². The van der Waals surface area contributed by atoms with Gasteiger partial charge in [-0.1, -0.05) is 13.8 Å². The van der Waals surface area contributed by atoms with Crippen molar-refractivity contribution in [1.29, 1.82) is 0 Å². The van der Waals surface area contributed by atoms with E-state index in [9.17, 15) is 0 Å². The molecule has 1 N–H and O–H groups in total. The van der Waals surface area contributed by atoms with Gasteiger partial charge in [-0.3, -0.25) is 4.99 Å². The van der Waals surface area contributed by atoms with E-state index in [4.69, 9.17) is 9.84 Å². The van der Waals surface area contributed by atoms with Crippen molar-refractivity contribution in [3.8, 4) is 5.75 Å². The van der Waals surface area contributed by atoms with E-state index in [1.165, 1.54) is 0 Å². The van der Waals surface area contributed by atoms with Gasteiger partial charge in [-0.25, -0.2) is 0 Å². The summed E-state index contributed by atoms with van der Waals surface area (Å²) < 4.78 is 5.07. The molecule has 0 saturated carbocycles. The molecular formula is C13H19NO2. The van der Waals surface area contributed by atoms with Crippen molar-refractivity contribution in [1.82, 2.24) is 0 Å². The maximum Gasteiger partial charge on any atom is 0.118 e. The third-order valence-electron chi connectivity index (χ3n) is 2.49. The van der Waals surface area contributed by atoms with Gasteiger partial charge in [0.25, 0.3) is 0 Å². The van der Waals surface area contributed by atoms with E-state index in [-0.39, 0.29) is 12.6 Å². The van der Waals surface area contributed by atoms with Crippen LogP contribution in [-0.2, 0) is 0 Å². The van der Waals surface area contributed by atoms with Crippen LogP contribution in [0.25, 0.3) is 0 Å². The highest BCUT2D eigenvalue weighted by Crippen LogP contribution is 2.11. The second-order valence-corrected chi connectivity index (χ2v) is 4.05. The van der Waals surface area contributed by atoms with Gasteiger partial charge in [-0.15, -0.1) is 0 Å². The fraction of sp³-hybridized carbons (Fsp3) is 0.462. The van der Waals surface area contributed by atoms with Gasteiger partial charge in [0.05, 0.1) is 19.8 Å². The first-order chi connectivity index (χ1) is 7.67. The number of rotatable bonds is 5. The van der Waals surface area contributed by atoms with Gasteiger partial charge in [0.2, 0.25) is 0 Å². The average molecular weight is 221 g/mol. The van der Waals surface area contributed by atoms with Crippen molar-refractivity contribution in [2.75, 3.05) is 13.7 Å². The number of hydrogen-bond donors (Lipinski definition) is 1. The largest absolute Gasteiger partial charge is 0.497 e. The summed E-state index contributed by atoms with van der Waals surface area (Å²) in [6.45, 7) is 4.18. The van der Waals surface area contributed by atoms with E-state index < -0.39 is 0 Å². The van der Waals surface area contributed by atoms with Crippen molar-refractivity contribution in [2.45, 2.75) is 19.9 Å². The van der Waals surface area contributed by atoms with Gasteiger partial charge in [-0.2, -0.15) is 0 Å². The minimum atomic E-state index is -0.0258. The Kier molecular flexibility index (Phi) is 4.99. The summed E-state index contributed by atoms with van der Waals surface area (Å²) >= 11 is 0. The minimum Gasteiger partial charge on any atom is -0.497 e. The van der Waals surface area contributed by atoms with Crippen LogP contribution in [0.2, 0.25) is 0 Å². The molecule has 3 nitrogen and oxygen atoms in total. The Labute approximate surface area is 96.8 Å². The molecular weight excluding hydrogens is 202 g/mol. The highest BCUT2D eigenvalue weighted by atomic mass is 16.5. The predicted octanol–water partition coefficient (Wildman–Crippen LogP) is 2.13. The van der Waals surface area contributed by atoms with E-state index in [1.54, 1.807) is 13.3 Å². The second-order valence-electron chi connectivity index (χ2n) is 4.05. The number of ether oxygens (including phenoxy) is 1. The monoisotopic (exact) mass is 221 g/mol. The lowest BCUT2D eigenvalue weighted by Gasteiger charge is -2.12. The van der Waals surface area contributed by atoms with E-state index in [1.807, 2.05) is 38.1 Å². The molecule has 0 amide bonds. The van der Waals surface area contributed by atoms with Gasteiger partial charge < -0.3 is 9.84 Å². The van der Waals surface area contributed by atoms with Crippen LogP contribution >= 0.6 is 0 Å². The summed E-state index contributed by atoms with van der Waals surface area (Å²) in [6.07, 6.45) is 1.79. The molecule has 0 fully saturated rings. The molecule has 1 rings (SSSR count). The molecule has 0 aliphatic carbocycles. The summed E-state index contributed by atoms with van der Waals surface area (Å²) in [5.74, 6) is 1.18. The second kappa shape index (κ2) is 6.28. The van der Waals surface area contributed by atoms with Crippen molar-refractivity contribution in [3.05, 3.63) is 29.8 Å². The minimum absolute atomic E-state index is 0.0258. The summed E-state index contributed by atoms with van der Waals surface area (Å²) in [4.78, 5) is 4.35. The first-order valence-electron chi connectivity index (χ1n) is 5.45. The third kappa shape index (κ3) is 3.66. The number of aliphatic hydroxyl groups is 1. The Balaban J connectivity index is 2.67. The van der Waals surface area contributed by atoms with Crippen LogP contribution in [0.3, 0.4) is 0 Å². The molecule has 0 aromatic heterocycles. The molecule has 88 valence electrons. The summed E-state index contributed by atoms with van der Waals surface area (Å²) in [5, 5.41) is 9.12. The zero-order chi connectivity index (χ0) is 12.0. The van der Waals surface area contributed by atoms with E-state index in [0.29, 0.717) is 5.92 Å². The Morgan fingerprint density at radius 3 is 2.38 bits per heavy atom. The van der Waals surface area contributed by atoms with Crippen LogP contribution in [0.1, 0.15) is 19.4 Å². The van der Waals surface area contributed by atoms with E-state index in [0.717, 1.165) is 11.3 Å². The number of hydrogen-bond acceptors (Lipinski definition) is 3. The normalized spacial score (nSPS) is 13.3. The number of aliphatic hydroxyl groups excluding tert-OH is 1. The standard InChI is InChI=1S/C13H19NO2/c1-10(2)13(9-15)14-8-11-4-6-12(16-3)7-5-11/h4-8,10,13,15H,9H2,1-3H3/t13-/m0/s1. The van der Waals surface area contributed by atoms with Crippen LogP contribution in [0, 0.1) is 5.92 Å². The zero-order valence-corrected chi connectivity index (χ0v) is 10.1. The molecule has 0 unspecified atom stereocenters. The Morgan fingerprint density at radius 1 is 1.31 bits per heavy atom. The molecule has 3 heteroatoms. The lowest BCUT2D eigenvalue weighted by molar-refractivity contribution is 0.240. The summed E-state index contributed by atoms with van der Waals surface area (Å²) in [5.41, 5.74) is 1.01. The van der Waals surface area contributed by atoms with Crippen molar-refractivity contribution < 1.29 is 9.84 Å². The Morgan fingerprint density at radius 2 is 1.94 bits per heavy atom. The van der Waals surface area contributed by atoms with Gasteiger partial charge in [0.1, 0.15) is 5.75 Å². The van der Waals surface area contributed by atoms with E-state index >= 15 is 0 Å². The van der Waals surface area contributed by atoms with Gasteiger partial charge in [0, 0.05) is 6.21 Å². The average Bonchev–Trinajstić information content (AvgIpc) is 2.30. The molecule has 0 radical (unpaired) electrons. The molecule has 0 aliphatic heterocycles. The predicted molar refractivity (Wildman–Crippen MR) is 66.3 cm³/mol. The third-order valence-corrected chi connectivity index (χ3v) is 2.49. The lowest BCUT2D eigenvalue weighted by atomic mass is 10.1. The number of aliphatic imine (C=N–C) groups is 1. The highest BCUT2D eigenvalue weighted by Gasteiger charge is 2.08. The molecule has 1 aromatic carbocycles. The Bertz CT molecular complexity index is 330. The number of methoxy groups -OCH3 is 1. The topological polar surface area (TPSA) is 41.8 Å². The molecule has 0 spiro atoms. The quantitative estimate of drug-likeness (QED) is 0.774. The molecule has 0 aliphatic rings. The number of benzene rings is 1. The maximum atomic E-state index is 9.12. The summed E-state index contributed by atoms with van der Waals surface area (Å²) in [7, 11) is 1.64. The first-order valence-corrected chi connectivity index (χ1v) is 5.45. The molecule has 1 aromatic rings. The molecule has 16 heavy (non-hydrogen) atoms. The SMILES string of the molecule is COc1ccc(C=N[C@@H](CO)C(C)C)cc1. The summed E-state index contributed by atoms with van der Waals surface area (Å²) in [6, 6.07) is 7.64. The smallest absolute Gasteiger partial charge is 0.118 e. The van der Waals surface area contributed by atoms with Crippen LogP contribution < -0.4 is 4.74 Å². The van der Waals surface area contributed by atoms with Gasteiger partial charge in [0.15, 0.2) is 0 Å². The molecule has 0 saturated heterocycles. The van der Waals surface area contributed by atoms with Crippen molar-refractivity contribution in [2.24, 2.45) is 10.9 Å². The lowest BCUT2D eigenvalue weighted by Crippen LogP contribution is -2.17. The van der Waals surface area contributed by atoms with E-state index in [2.05, 4.69) is 4.99 Å². The van der Waals surface area contributed by atoms with Crippen molar-refractivity contribution in [3.63, 3.8) is 0 Å². The van der Waals surface area contributed by atoms with Crippen LogP contribution in [0.15, 0.2) is 29.3 Å². The zero-order valence-electron chi connectivity index (χ0n) is 10.1. The van der Waals surface area contributed by atoms with Gasteiger partial charge in [-0.05, 0) is 35.7 Å². The van der Waals surface area contributed by atoms with Crippen LogP contribution in [0.4, 0.5) is 0 Å². The maximum absolute atomic E-state index is 9.12. The fourth-order valence-electron chi connectivity index (χ4n) is 1.30. The Hall–Kier alpha value is -1.35. The fourth-order valence-corrected chi connectivity index (χ4v) is 1.30. The van der Waals surface area contributed by atoms with Gasteiger partial charge >= 0.3 is 0 Å². The molecule has 0 bridgehead atoms.